The lowest BCUT2D eigenvalue weighted by atomic mass is 9.84. The summed E-state index contributed by atoms with van der Waals surface area (Å²) >= 11 is 0. The number of ether oxygens (including phenoxy) is 2. The Kier molecular flexibility index (Phi) is 3.26. The first-order chi connectivity index (χ1) is 8.02. The third kappa shape index (κ3) is 2.70. The third-order valence-electron chi connectivity index (χ3n) is 3.15. The summed E-state index contributed by atoms with van der Waals surface area (Å²) in [5.41, 5.74) is 13.0. The van der Waals surface area contributed by atoms with E-state index in [4.69, 9.17) is 20.9 Å². The van der Waals surface area contributed by atoms with E-state index >= 15 is 0 Å². The molecule has 0 saturated heterocycles. The Morgan fingerprint density at radius 3 is 2.71 bits per heavy atom. The molecule has 1 aliphatic heterocycles. The molecule has 0 spiro atoms. The molecule has 0 saturated carbocycles. The number of fused-ring (bicyclic) bond motifs is 1. The van der Waals surface area contributed by atoms with Gasteiger partial charge in [-0.3, -0.25) is 0 Å². The maximum atomic E-state index is 6.20. The lowest BCUT2D eigenvalue weighted by Crippen LogP contribution is -2.28. The molecule has 94 valence electrons. The zero-order chi connectivity index (χ0) is 12.5. The maximum absolute atomic E-state index is 6.20. The third-order valence-corrected chi connectivity index (χ3v) is 3.15. The fourth-order valence-corrected chi connectivity index (χ4v) is 1.94. The highest BCUT2D eigenvalue weighted by Gasteiger charge is 2.22. The molecule has 0 amide bonds. The normalized spacial score (nSPS) is 16.0. The summed E-state index contributed by atoms with van der Waals surface area (Å²) in [7, 11) is 0. The van der Waals surface area contributed by atoms with E-state index in [0.29, 0.717) is 13.3 Å². The second-order valence-electron chi connectivity index (χ2n) is 5.29. The maximum Gasteiger partial charge on any atom is 0.231 e. The van der Waals surface area contributed by atoms with Crippen molar-refractivity contribution in [3.8, 4) is 11.5 Å². The molecule has 1 aromatic carbocycles. The second kappa shape index (κ2) is 4.55. The molecular formula is C13H20N2O2. The van der Waals surface area contributed by atoms with Crippen LogP contribution in [0.4, 0.5) is 0 Å². The van der Waals surface area contributed by atoms with Gasteiger partial charge in [0.25, 0.3) is 0 Å². The molecule has 0 bridgehead atoms. The van der Waals surface area contributed by atoms with Gasteiger partial charge < -0.3 is 20.9 Å². The Morgan fingerprint density at radius 2 is 2.00 bits per heavy atom. The molecular weight excluding hydrogens is 216 g/mol. The van der Waals surface area contributed by atoms with E-state index in [0.717, 1.165) is 23.5 Å². The monoisotopic (exact) mass is 236 g/mol. The minimum absolute atomic E-state index is 0.0250. The molecule has 1 aliphatic rings. The molecule has 1 unspecified atom stereocenters. The summed E-state index contributed by atoms with van der Waals surface area (Å²) in [4.78, 5) is 0. The van der Waals surface area contributed by atoms with Gasteiger partial charge in [0.15, 0.2) is 11.5 Å². The highest BCUT2D eigenvalue weighted by Crippen LogP contribution is 2.36. The molecule has 0 fully saturated rings. The van der Waals surface area contributed by atoms with Crippen LogP contribution in [0.1, 0.15) is 31.9 Å². The van der Waals surface area contributed by atoms with Gasteiger partial charge in [0.05, 0.1) is 0 Å². The molecule has 1 atom stereocenters. The van der Waals surface area contributed by atoms with Crippen LogP contribution < -0.4 is 20.9 Å². The number of hydrogen-bond donors (Lipinski definition) is 2. The van der Waals surface area contributed by atoms with Crippen LogP contribution in [-0.4, -0.2) is 13.3 Å². The topological polar surface area (TPSA) is 70.5 Å². The van der Waals surface area contributed by atoms with E-state index in [1.165, 1.54) is 0 Å². The lowest BCUT2D eigenvalue weighted by molar-refractivity contribution is 0.174. The van der Waals surface area contributed by atoms with E-state index in [1.54, 1.807) is 0 Å². The molecule has 0 aliphatic carbocycles. The first-order valence-electron chi connectivity index (χ1n) is 5.87. The van der Waals surface area contributed by atoms with Crippen LogP contribution in [0.25, 0.3) is 0 Å². The number of rotatable bonds is 4. The van der Waals surface area contributed by atoms with Crippen LogP contribution in [0.3, 0.4) is 0 Å². The fourth-order valence-electron chi connectivity index (χ4n) is 1.94. The van der Waals surface area contributed by atoms with Crippen molar-refractivity contribution < 1.29 is 9.47 Å². The van der Waals surface area contributed by atoms with Crippen LogP contribution in [0.15, 0.2) is 18.2 Å². The van der Waals surface area contributed by atoms with Gasteiger partial charge in [0.1, 0.15) is 0 Å². The van der Waals surface area contributed by atoms with Gasteiger partial charge in [0, 0.05) is 6.04 Å². The zero-order valence-corrected chi connectivity index (χ0v) is 10.4. The predicted octanol–water partition coefficient (Wildman–Crippen LogP) is 1.79. The lowest BCUT2D eigenvalue weighted by Gasteiger charge is -2.26. The molecule has 0 radical (unpaired) electrons. The van der Waals surface area contributed by atoms with Gasteiger partial charge in [-0.15, -0.1) is 0 Å². The molecule has 4 heteroatoms. The average Bonchev–Trinajstić information content (AvgIpc) is 2.75. The SMILES string of the molecule is CC(C)(CN)CC(N)c1ccc2c(c1)OCO2. The van der Waals surface area contributed by atoms with Crippen molar-refractivity contribution in [1.29, 1.82) is 0 Å². The summed E-state index contributed by atoms with van der Waals surface area (Å²) in [6.07, 6.45) is 0.850. The minimum Gasteiger partial charge on any atom is -0.454 e. The van der Waals surface area contributed by atoms with Crippen molar-refractivity contribution in [1.82, 2.24) is 0 Å². The summed E-state index contributed by atoms with van der Waals surface area (Å²) in [5, 5.41) is 0. The van der Waals surface area contributed by atoms with Crippen molar-refractivity contribution in [2.75, 3.05) is 13.3 Å². The average molecular weight is 236 g/mol. The Morgan fingerprint density at radius 1 is 1.29 bits per heavy atom. The highest BCUT2D eigenvalue weighted by atomic mass is 16.7. The Hall–Kier alpha value is -1.26. The van der Waals surface area contributed by atoms with Gasteiger partial charge in [-0.2, -0.15) is 0 Å². The molecule has 0 aromatic heterocycles. The van der Waals surface area contributed by atoms with E-state index in [1.807, 2.05) is 18.2 Å². The molecule has 1 aromatic rings. The van der Waals surface area contributed by atoms with Crippen molar-refractivity contribution in [2.45, 2.75) is 26.3 Å². The van der Waals surface area contributed by atoms with Gasteiger partial charge >= 0.3 is 0 Å². The molecule has 17 heavy (non-hydrogen) atoms. The summed E-state index contributed by atoms with van der Waals surface area (Å²) < 4.78 is 10.6. The standard InChI is InChI=1S/C13H20N2O2/c1-13(2,7-14)6-10(15)9-3-4-11-12(5-9)17-8-16-11/h3-5,10H,6-8,14-15H2,1-2H3. The van der Waals surface area contributed by atoms with Crippen molar-refractivity contribution in [3.63, 3.8) is 0 Å². The Balaban J connectivity index is 2.12. The Labute approximate surface area is 102 Å². The van der Waals surface area contributed by atoms with Gasteiger partial charge in [-0.25, -0.2) is 0 Å². The summed E-state index contributed by atoms with van der Waals surface area (Å²) in [6, 6.07) is 5.83. The smallest absolute Gasteiger partial charge is 0.231 e. The van der Waals surface area contributed by atoms with E-state index in [-0.39, 0.29) is 11.5 Å². The predicted molar refractivity (Wildman–Crippen MR) is 66.9 cm³/mol. The highest BCUT2D eigenvalue weighted by molar-refractivity contribution is 5.45. The van der Waals surface area contributed by atoms with Gasteiger partial charge in [-0.1, -0.05) is 19.9 Å². The van der Waals surface area contributed by atoms with Crippen LogP contribution in [-0.2, 0) is 0 Å². The molecule has 2 rings (SSSR count). The first-order valence-corrected chi connectivity index (χ1v) is 5.87. The number of benzene rings is 1. The second-order valence-corrected chi connectivity index (χ2v) is 5.29. The van der Waals surface area contributed by atoms with Crippen LogP contribution in [0.2, 0.25) is 0 Å². The molecule has 4 N–H and O–H groups in total. The number of nitrogens with two attached hydrogens (primary N) is 2. The van der Waals surface area contributed by atoms with E-state index < -0.39 is 0 Å². The van der Waals surface area contributed by atoms with Crippen LogP contribution in [0.5, 0.6) is 11.5 Å². The van der Waals surface area contributed by atoms with Crippen molar-refractivity contribution >= 4 is 0 Å². The summed E-state index contributed by atoms with van der Waals surface area (Å²) in [6.45, 7) is 5.17. The molecule has 4 nitrogen and oxygen atoms in total. The number of hydrogen-bond acceptors (Lipinski definition) is 4. The quantitative estimate of drug-likeness (QED) is 0.836. The molecule has 1 heterocycles. The van der Waals surface area contributed by atoms with Gasteiger partial charge in [0.2, 0.25) is 6.79 Å². The van der Waals surface area contributed by atoms with Crippen molar-refractivity contribution in [2.24, 2.45) is 16.9 Å². The minimum atomic E-state index is -0.0250. The van der Waals surface area contributed by atoms with Gasteiger partial charge in [-0.05, 0) is 36.1 Å². The van der Waals surface area contributed by atoms with Crippen LogP contribution >= 0.6 is 0 Å². The van der Waals surface area contributed by atoms with E-state index in [9.17, 15) is 0 Å². The first kappa shape index (κ1) is 12.2. The van der Waals surface area contributed by atoms with Crippen molar-refractivity contribution in [3.05, 3.63) is 23.8 Å². The fraction of sp³-hybridized carbons (Fsp3) is 0.538. The van der Waals surface area contributed by atoms with E-state index in [2.05, 4.69) is 13.8 Å². The largest absolute Gasteiger partial charge is 0.454 e. The summed E-state index contributed by atoms with van der Waals surface area (Å²) in [5.74, 6) is 1.57. The van der Waals surface area contributed by atoms with Crippen LogP contribution in [0, 0.1) is 5.41 Å². The Bertz CT molecular complexity index is 404. The zero-order valence-electron chi connectivity index (χ0n) is 10.4.